The molecule has 0 spiro atoms. The van der Waals surface area contributed by atoms with Crippen molar-refractivity contribution in [2.24, 2.45) is 0 Å². The number of nitrogens with one attached hydrogen (secondary N) is 1. The van der Waals surface area contributed by atoms with Crippen LogP contribution >= 0.6 is 0 Å². The molecular weight excluding hydrogens is 560 g/mol. The molecule has 9 heteroatoms. The maximum absolute atomic E-state index is 11.6. The van der Waals surface area contributed by atoms with E-state index in [2.05, 4.69) is 29.4 Å². The first-order valence-electron chi connectivity index (χ1n) is 13.9. The molecule has 0 saturated heterocycles. The largest absolute Gasteiger partial charge is 0.507 e. The summed E-state index contributed by atoms with van der Waals surface area (Å²) in [6.45, 7) is 2.15. The van der Waals surface area contributed by atoms with Crippen molar-refractivity contribution in [2.45, 2.75) is 25.8 Å². The second-order valence-corrected chi connectivity index (χ2v) is 10.2. The van der Waals surface area contributed by atoms with Crippen molar-refractivity contribution in [3.8, 4) is 17.2 Å². The zero-order valence-electron chi connectivity index (χ0n) is 24.6. The summed E-state index contributed by atoms with van der Waals surface area (Å²) < 4.78 is 5.09. The number of carboxylic acids is 2. The average molecular weight is 595 g/mol. The number of nitrogens with zero attached hydrogens (tertiary/aromatic N) is 1. The summed E-state index contributed by atoms with van der Waals surface area (Å²) in [5, 5.41) is 46.0. The zero-order chi connectivity index (χ0) is 31.8. The monoisotopic (exact) mass is 594 g/mol. The Morgan fingerprint density at radius 3 is 1.86 bits per heavy atom. The Kier molecular flexibility index (Phi) is 10.2. The van der Waals surface area contributed by atoms with E-state index in [1.54, 1.807) is 61.8 Å². The van der Waals surface area contributed by atoms with Crippen LogP contribution in [-0.2, 0) is 6.42 Å². The first-order valence-corrected chi connectivity index (χ1v) is 13.9. The van der Waals surface area contributed by atoms with Gasteiger partial charge < -0.3 is 30.5 Å². The summed E-state index contributed by atoms with van der Waals surface area (Å²) >= 11 is 0. The van der Waals surface area contributed by atoms with E-state index >= 15 is 0 Å². The van der Waals surface area contributed by atoms with Crippen molar-refractivity contribution in [3.63, 3.8) is 0 Å². The summed E-state index contributed by atoms with van der Waals surface area (Å²) in [4.78, 5) is 27.3. The van der Waals surface area contributed by atoms with E-state index in [9.17, 15) is 30.0 Å². The Morgan fingerprint density at radius 1 is 0.864 bits per heavy atom. The lowest BCUT2D eigenvalue weighted by molar-refractivity contribution is 0.0682. The van der Waals surface area contributed by atoms with Crippen molar-refractivity contribution >= 4 is 39.6 Å². The Labute approximate surface area is 254 Å². The number of aromatic hydroxyl groups is 2. The van der Waals surface area contributed by atoms with Crippen molar-refractivity contribution in [1.29, 1.82) is 0 Å². The summed E-state index contributed by atoms with van der Waals surface area (Å²) in [5.74, 6) is -2.56. The highest BCUT2D eigenvalue weighted by Crippen LogP contribution is 2.38. The van der Waals surface area contributed by atoms with E-state index in [4.69, 9.17) is 4.74 Å². The molecule has 0 aliphatic rings. The quantitative estimate of drug-likeness (QED) is 0.129. The van der Waals surface area contributed by atoms with Gasteiger partial charge in [0, 0.05) is 29.8 Å². The number of pyridine rings is 1. The van der Waals surface area contributed by atoms with Gasteiger partial charge in [-0.2, -0.15) is 0 Å². The fourth-order valence-corrected chi connectivity index (χ4v) is 4.85. The third-order valence-electron chi connectivity index (χ3n) is 7.33. The molecule has 44 heavy (non-hydrogen) atoms. The first kappa shape index (κ1) is 31.5. The number of carbonyl (C=O) groups is 2. The van der Waals surface area contributed by atoms with E-state index in [1.807, 2.05) is 19.3 Å². The van der Waals surface area contributed by atoms with Gasteiger partial charge in [-0.25, -0.2) is 9.59 Å². The van der Waals surface area contributed by atoms with Crippen molar-refractivity contribution in [2.75, 3.05) is 14.2 Å². The van der Waals surface area contributed by atoms with Crippen LogP contribution in [0.1, 0.15) is 50.8 Å². The Morgan fingerprint density at radius 2 is 1.39 bits per heavy atom. The number of ether oxygens (including phenoxy) is 1. The Balaban J connectivity index is 0.000000249. The van der Waals surface area contributed by atoms with Gasteiger partial charge in [-0.05, 0) is 65.7 Å². The van der Waals surface area contributed by atoms with E-state index in [0.29, 0.717) is 38.7 Å². The topological polar surface area (TPSA) is 149 Å². The summed E-state index contributed by atoms with van der Waals surface area (Å²) in [6.07, 6.45) is 8.69. The maximum atomic E-state index is 11.6. The molecule has 0 radical (unpaired) electrons. The molecule has 0 bridgehead atoms. The van der Waals surface area contributed by atoms with Crippen molar-refractivity contribution in [3.05, 3.63) is 113 Å². The van der Waals surface area contributed by atoms with Gasteiger partial charge >= 0.3 is 11.9 Å². The predicted octanol–water partition coefficient (Wildman–Crippen LogP) is 6.49. The molecule has 5 rings (SSSR count). The fraction of sp³-hybridized carbons (Fsp3) is 0.171. The van der Waals surface area contributed by atoms with Gasteiger partial charge in [-0.15, -0.1) is 0 Å². The zero-order valence-corrected chi connectivity index (χ0v) is 24.6. The minimum Gasteiger partial charge on any atom is -0.507 e. The maximum Gasteiger partial charge on any atom is 0.339 e. The lowest BCUT2D eigenvalue weighted by atomic mass is 9.90. The lowest BCUT2D eigenvalue weighted by Gasteiger charge is -2.16. The normalized spacial score (nSPS) is 11.7. The van der Waals surface area contributed by atoms with Gasteiger partial charge in [0.05, 0.1) is 13.3 Å². The summed E-state index contributed by atoms with van der Waals surface area (Å²) in [6, 6.07) is 19.2. The molecule has 226 valence electrons. The molecule has 0 unspecified atom stereocenters. The van der Waals surface area contributed by atoms with Crippen LogP contribution in [0.5, 0.6) is 17.2 Å². The number of aromatic carboxylic acids is 2. The molecule has 0 aliphatic heterocycles. The van der Waals surface area contributed by atoms with Crippen LogP contribution in [-0.4, -0.2) is 57.5 Å². The average Bonchev–Trinajstić information content (AvgIpc) is 3.03. The number of rotatable bonds is 9. The molecule has 0 saturated carbocycles. The molecule has 4 aromatic carbocycles. The number of hydrogen-bond donors (Lipinski definition) is 5. The standard InChI is InChI=1S/C23H16O6.C12H18N2O/c24-20-16(14-7-3-1-5-12(14)9-18(20)22(26)27)11-17-15-8-4-2-6-13(15)10-19(21(17)25)23(28)29;1-10(13-2)5-4-6-11-7-12(15-3)9-14-8-11/h1-10,24-25H,11H2,(H,26,27)(H,28,29);4,6-10,13H,5H2,1-3H3/b;6-4+/t;10-/m.0/s1. The highest BCUT2D eigenvalue weighted by Gasteiger charge is 2.22. The van der Waals surface area contributed by atoms with E-state index in [0.717, 1.165) is 17.7 Å². The molecule has 9 nitrogen and oxygen atoms in total. The number of phenols is 2. The second-order valence-electron chi connectivity index (χ2n) is 10.2. The van der Waals surface area contributed by atoms with Crippen LogP contribution in [0.4, 0.5) is 0 Å². The lowest BCUT2D eigenvalue weighted by Crippen LogP contribution is -2.19. The van der Waals surface area contributed by atoms with E-state index in [1.165, 1.54) is 12.1 Å². The molecule has 0 fully saturated rings. The van der Waals surface area contributed by atoms with Crippen LogP contribution in [0.25, 0.3) is 27.6 Å². The van der Waals surface area contributed by atoms with Crippen LogP contribution in [0.3, 0.4) is 0 Å². The van der Waals surface area contributed by atoms with Gasteiger partial charge in [0.25, 0.3) is 0 Å². The molecule has 5 aromatic rings. The van der Waals surface area contributed by atoms with E-state index < -0.39 is 23.4 Å². The minimum absolute atomic E-state index is 0.0407. The predicted molar refractivity (Wildman–Crippen MR) is 171 cm³/mol. The third-order valence-corrected chi connectivity index (χ3v) is 7.33. The molecule has 5 N–H and O–H groups in total. The van der Waals surface area contributed by atoms with Gasteiger partial charge in [0.1, 0.15) is 28.4 Å². The molecule has 1 heterocycles. The van der Waals surface area contributed by atoms with Crippen LogP contribution < -0.4 is 10.1 Å². The summed E-state index contributed by atoms with van der Waals surface area (Å²) in [5.41, 5.74) is 1.18. The van der Waals surface area contributed by atoms with Gasteiger partial charge in [-0.1, -0.05) is 60.7 Å². The molecule has 1 aromatic heterocycles. The van der Waals surface area contributed by atoms with Crippen LogP contribution in [0, 0.1) is 0 Å². The third kappa shape index (κ3) is 7.14. The second kappa shape index (κ2) is 14.2. The fourth-order valence-electron chi connectivity index (χ4n) is 4.85. The number of fused-ring (bicyclic) bond motifs is 2. The van der Waals surface area contributed by atoms with Gasteiger partial charge in [0.15, 0.2) is 0 Å². The highest BCUT2D eigenvalue weighted by atomic mass is 16.5. The first-order chi connectivity index (χ1) is 21.1. The van der Waals surface area contributed by atoms with Crippen molar-refractivity contribution in [1.82, 2.24) is 10.3 Å². The number of carboxylic acid groups (broad SMARTS) is 2. The Hall–Kier alpha value is -5.41. The number of benzene rings is 4. The molecular formula is C35H34N2O7. The molecule has 1 atom stereocenters. The Bertz CT molecular complexity index is 1750. The minimum atomic E-state index is -1.28. The van der Waals surface area contributed by atoms with E-state index in [-0.39, 0.29) is 17.5 Å². The molecule has 0 amide bonds. The van der Waals surface area contributed by atoms with Crippen LogP contribution in [0.2, 0.25) is 0 Å². The number of hydrogen-bond acceptors (Lipinski definition) is 7. The molecule has 0 aliphatic carbocycles. The SMILES string of the molecule is CN[C@@H](C)C/C=C/c1cncc(OC)c1.O=C(O)c1cc2ccccc2c(Cc2c(O)c(C(=O)O)cc3ccccc23)c1O. The van der Waals surface area contributed by atoms with Gasteiger partial charge in [-0.3, -0.25) is 4.98 Å². The smallest absolute Gasteiger partial charge is 0.339 e. The van der Waals surface area contributed by atoms with Crippen LogP contribution in [0.15, 0.2) is 85.2 Å². The number of methoxy groups -OCH3 is 1. The number of aromatic nitrogens is 1. The summed E-state index contributed by atoms with van der Waals surface area (Å²) in [7, 11) is 3.61. The van der Waals surface area contributed by atoms with Crippen molar-refractivity contribution < 1.29 is 34.8 Å². The van der Waals surface area contributed by atoms with Gasteiger partial charge in [0.2, 0.25) is 0 Å². The highest BCUT2D eigenvalue weighted by molar-refractivity contribution is 6.02.